The van der Waals surface area contributed by atoms with Crippen LogP contribution in [-0.4, -0.2) is 57.3 Å². The second-order valence-electron chi connectivity index (χ2n) is 10.1. The van der Waals surface area contributed by atoms with Gasteiger partial charge in [0.25, 0.3) is 0 Å². The summed E-state index contributed by atoms with van der Waals surface area (Å²) in [6.45, 7) is 14.9. The number of rotatable bonds is 5. The summed E-state index contributed by atoms with van der Waals surface area (Å²) >= 11 is 0. The highest BCUT2D eigenvalue weighted by Gasteiger charge is 2.56. The van der Waals surface area contributed by atoms with Gasteiger partial charge >= 0.3 is 0 Å². The fourth-order valence-corrected chi connectivity index (χ4v) is 5.25. The molecule has 0 spiro atoms. The van der Waals surface area contributed by atoms with Gasteiger partial charge in [0, 0.05) is 0 Å². The van der Waals surface area contributed by atoms with Crippen molar-refractivity contribution in [2.24, 2.45) is 0 Å². The average Bonchev–Trinajstić information content (AvgIpc) is 2.96. The van der Waals surface area contributed by atoms with Crippen LogP contribution >= 0.6 is 0 Å². The smallest absolute Gasteiger partial charge is 0.192 e. The largest absolute Gasteiger partial charge is 0.497 e. The molecule has 1 aromatic carbocycles. The molecule has 0 saturated carbocycles. The molecule has 6 nitrogen and oxygen atoms in total. The lowest BCUT2D eigenvalue weighted by atomic mass is 9.87. The SMILES string of the molecule is COc1cccc([C@@H]2N[C@H](CO)[C@@H](O[Si](C)(C)C(C)(C)C)[C@@H]3OC(C)(C)O[C@@H]32)c1. The first-order valence-corrected chi connectivity index (χ1v) is 13.3. The lowest BCUT2D eigenvalue weighted by molar-refractivity contribution is -0.153. The van der Waals surface area contributed by atoms with Gasteiger partial charge in [-0.3, -0.25) is 0 Å². The molecule has 1 aromatic rings. The summed E-state index contributed by atoms with van der Waals surface area (Å²) in [5, 5.41) is 13.9. The van der Waals surface area contributed by atoms with Crippen molar-refractivity contribution >= 4 is 8.32 Å². The molecule has 0 radical (unpaired) electrons. The van der Waals surface area contributed by atoms with Crippen molar-refractivity contribution < 1.29 is 23.7 Å². The number of benzene rings is 1. The van der Waals surface area contributed by atoms with Crippen LogP contribution in [0.1, 0.15) is 46.2 Å². The number of fused-ring (bicyclic) bond motifs is 1. The fraction of sp³-hybridized carbons (Fsp3) is 0.727. The molecule has 3 rings (SSSR count). The molecular formula is C22H37NO5Si. The van der Waals surface area contributed by atoms with Crippen molar-refractivity contribution in [3.63, 3.8) is 0 Å². The number of ether oxygens (including phenoxy) is 3. The molecule has 0 bridgehead atoms. The van der Waals surface area contributed by atoms with Crippen molar-refractivity contribution in [2.75, 3.05) is 13.7 Å². The quantitative estimate of drug-likeness (QED) is 0.705. The first-order valence-electron chi connectivity index (χ1n) is 10.4. The van der Waals surface area contributed by atoms with E-state index in [0.717, 1.165) is 11.3 Å². The van der Waals surface area contributed by atoms with Gasteiger partial charge in [-0.25, -0.2) is 0 Å². The zero-order chi connectivity index (χ0) is 21.6. The lowest BCUT2D eigenvalue weighted by Crippen LogP contribution is -2.64. The third-order valence-electron chi connectivity index (χ3n) is 6.49. The third-order valence-corrected chi connectivity index (χ3v) is 11.0. The van der Waals surface area contributed by atoms with Gasteiger partial charge in [-0.1, -0.05) is 32.9 Å². The molecule has 29 heavy (non-hydrogen) atoms. The number of hydrogen-bond donors (Lipinski definition) is 2. The molecule has 5 atom stereocenters. The Bertz CT molecular complexity index is 717. The summed E-state index contributed by atoms with van der Waals surface area (Å²) in [5.74, 6) is 0.0762. The summed E-state index contributed by atoms with van der Waals surface area (Å²) in [6.07, 6.45) is -0.780. The molecule has 2 aliphatic heterocycles. The zero-order valence-electron chi connectivity index (χ0n) is 19.0. The van der Waals surface area contributed by atoms with E-state index in [4.69, 9.17) is 18.6 Å². The lowest BCUT2D eigenvalue weighted by Gasteiger charge is -2.48. The Morgan fingerprint density at radius 3 is 2.41 bits per heavy atom. The van der Waals surface area contributed by atoms with Gasteiger partial charge in [0.1, 0.15) is 18.0 Å². The monoisotopic (exact) mass is 423 g/mol. The van der Waals surface area contributed by atoms with Gasteiger partial charge in [0.05, 0.1) is 31.9 Å². The molecule has 2 aliphatic rings. The number of nitrogens with one attached hydrogen (secondary N) is 1. The van der Waals surface area contributed by atoms with Gasteiger partial charge in [0.15, 0.2) is 14.1 Å². The number of piperidine rings is 1. The van der Waals surface area contributed by atoms with Crippen LogP contribution in [-0.2, 0) is 13.9 Å². The van der Waals surface area contributed by atoms with Crippen LogP contribution in [0.25, 0.3) is 0 Å². The molecule has 0 unspecified atom stereocenters. The summed E-state index contributed by atoms with van der Waals surface area (Å²) in [5.41, 5.74) is 1.05. The molecule has 164 valence electrons. The normalized spacial score (nSPS) is 32.1. The highest BCUT2D eigenvalue weighted by molar-refractivity contribution is 6.74. The zero-order valence-corrected chi connectivity index (χ0v) is 20.0. The van der Waals surface area contributed by atoms with Crippen LogP contribution in [0.15, 0.2) is 24.3 Å². The van der Waals surface area contributed by atoms with Crippen molar-refractivity contribution in [1.29, 1.82) is 0 Å². The number of hydrogen-bond acceptors (Lipinski definition) is 6. The molecule has 0 aromatic heterocycles. The maximum Gasteiger partial charge on any atom is 0.192 e. The third kappa shape index (κ3) is 4.55. The number of methoxy groups -OCH3 is 1. The topological polar surface area (TPSA) is 69.2 Å². The minimum atomic E-state index is -2.08. The maximum absolute atomic E-state index is 10.2. The van der Waals surface area contributed by atoms with E-state index in [-0.39, 0.29) is 42.0 Å². The van der Waals surface area contributed by atoms with Gasteiger partial charge in [-0.2, -0.15) is 0 Å². The summed E-state index contributed by atoms with van der Waals surface area (Å²) in [7, 11) is -0.418. The van der Waals surface area contributed by atoms with E-state index in [9.17, 15) is 5.11 Å². The Labute approximate surface area is 176 Å². The summed E-state index contributed by atoms with van der Waals surface area (Å²) in [4.78, 5) is 0. The van der Waals surface area contributed by atoms with Crippen molar-refractivity contribution in [2.45, 2.75) is 88.9 Å². The van der Waals surface area contributed by atoms with Crippen molar-refractivity contribution in [1.82, 2.24) is 5.32 Å². The molecular weight excluding hydrogens is 386 g/mol. The van der Waals surface area contributed by atoms with Crippen LogP contribution in [0, 0.1) is 0 Å². The predicted molar refractivity (Wildman–Crippen MR) is 116 cm³/mol. The molecule has 7 heteroatoms. The maximum atomic E-state index is 10.2. The number of aliphatic hydroxyl groups excluding tert-OH is 1. The van der Waals surface area contributed by atoms with E-state index in [1.807, 2.05) is 32.0 Å². The van der Waals surface area contributed by atoms with Crippen LogP contribution in [0.4, 0.5) is 0 Å². The summed E-state index contributed by atoms with van der Waals surface area (Å²) < 4.78 is 24.9. The first-order chi connectivity index (χ1) is 13.4. The predicted octanol–water partition coefficient (Wildman–Crippen LogP) is 3.61. The van der Waals surface area contributed by atoms with Crippen LogP contribution < -0.4 is 10.1 Å². The van der Waals surface area contributed by atoms with Crippen LogP contribution in [0.3, 0.4) is 0 Å². The van der Waals surface area contributed by atoms with E-state index in [0.29, 0.717) is 0 Å². The molecule has 0 aliphatic carbocycles. The van der Waals surface area contributed by atoms with Crippen molar-refractivity contribution in [3.8, 4) is 5.75 Å². The second kappa shape index (κ2) is 7.94. The average molecular weight is 424 g/mol. The van der Waals surface area contributed by atoms with Gasteiger partial charge in [0.2, 0.25) is 0 Å². The van der Waals surface area contributed by atoms with Crippen molar-refractivity contribution in [3.05, 3.63) is 29.8 Å². The Balaban J connectivity index is 1.96. The molecule has 0 amide bonds. The standard InChI is InChI=1S/C22H37NO5Si/c1-21(2,3)29(7,8)28-18-16(13-24)23-17(14-10-9-11-15(12-14)25-6)19-20(18)27-22(4,5)26-19/h9-12,16-20,23-24H,13H2,1-8H3/t16-,17+,18-,19-,20+/m1/s1. The molecule has 2 heterocycles. The Morgan fingerprint density at radius 2 is 1.83 bits per heavy atom. The van der Waals surface area contributed by atoms with Gasteiger partial charge in [-0.15, -0.1) is 0 Å². The highest BCUT2D eigenvalue weighted by atomic mass is 28.4. The van der Waals surface area contributed by atoms with E-state index < -0.39 is 14.1 Å². The van der Waals surface area contributed by atoms with Crippen LogP contribution in [0.2, 0.25) is 18.1 Å². The number of aliphatic hydroxyl groups is 1. The van der Waals surface area contributed by atoms with Gasteiger partial charge in [-0.05, 0) is 49.7 Å². The first kappa shape index (κ1) is 22.7. The van der Waals surface area contributed by atoms with E-state index >= 15 is 0 Å². The summed E-state index contributed by atoms with van der Waals surface area (Å²) in [6, 6.07) is 7.57. The Kier molecular flexibility index (Phi) is 6.22. The minimum absolute atomic E-state index is 0.0350. The van der Waals surface area contributed by atoms with E-state index in [1.54, 1.807) is 7.11 Å². The minimum Gasteiger partial charge on any atom is -0.497 e. The van der Waals surface area contributed by atoms with E-state index in [2.05, 4.69) is 45.2 Å². The molecule has 2 N–H and O–H groups in total. The van der Waals surface area contributed by atoms with Crippen LogP contribution in [0.5, 0.6) is 5.75 Å². The molecule has 2 fully saturated rings. The Hall–Kier alpha value is -0.963. The van der Waals surface area contributed by atoms with Gasteiger partial charge < -0.3 is 29.1 Å². The highest BCUT2D eigenvalue weighted by Crippen LogP contribution is 2.45. The molecule has 2 saturated heterocycles. The van der Waals surface area contributed by atoms with E-state index in [1.165, 1.54) is 0 Å². The fourth-order valence-electron chi connectivity index (χ4n) is 3.92. The second-order valence-corrected chi connectivity index (χ2v) is 14.9. The Morgan fingerprint density at radius 1 is 1.17 bits per heavy atom.